The van der Waals surface area contributed by atoms with E-state index in [1.165, 1.54) is 13.4 Å². The van der Waals surface area contributed by atoms with Gasteiger partial charge in [-0.3, -0.25) is 0 Å². The summed E-state index contributed by atoms with van der Waals surface area (Å²) in [7, 11) is 1.53. The van der Waals surface area contributed by atoms with E-state index in [1.807, 2.05) is 0 Å². The Balaban J connectivity index is 2.26. The van der Waals surface area contributed by atoms with Crippen molar-refractivity contribution in [2.45, 2.75) is 25.3 Å². The summed E-state index contributed by atoms with van der Waals surface area (Å²) in [5.41, 5.74) is 6.40. The van der Waals surface area contributed by atoms with Gasteiger partial charge in [0.05, 0.1) is 19.6 Å². The summed E-state index contributed by atoms with van der Waals surface area (Å²) in [6.45, 7) is 0.644. The summed E-state index contributed by atoms with van der Waals surface area (Å²) in [6, 6.07) is 2.59. The average molecular weight is 233 g/mol. The highest BCUT2D eigenvalue weighted by Gasteiger charge is 2.31. The highest BCUT2D eigenvalue weighted by molar-refractivity contribution is 5.68. The van der Waals surface area contributed by atoms with Crippen LogP contribution in [0.2, 0.25) is 0 Å². The fraction of sp³-hybridized carbons (Fsp3) is 0.545. The molecule has 0 amide bonds. The van der Waals surface area contributed by atoms with E-state index in [9.17, 15) is 0 Å². The largest absolute Gasteiger partial charge is 0.479 e. The second-order valence-electron chi connectivity index (χ2n) is 3.95. The lowest BCUT2D eigenvalue weighted by Crippen LogP contribution is -2.28. The Morgan fingerprint density at radius 3 is 2.94 bits per heavy atom. The van der Waals surface area contributed by atoms with E-state index in [2.05, 4.69) is 20.9 Å². The van der Waals surface area contributed by atoms with Crippen LogP contribution in [0.1, 0.15) is 19.3 Å². The van der Waals surface area contributed by atoms with Gasteiger partial charge in [-0.15, -0.1) is 0 Å². The van der Waals surface area contributed by atoms with Gasteiger partial charge < -0.3 is 15.4 Å². The number of nitrogens with zero attached hydrogens (tertiary/aromatic N) is 4. The van der Waals surface area contributed by atoms with Crippen LogP contribution in [0.25, 0.3) is 0 Å². The van der Waals surface area contributed by atoms with Crippen LogP contribution in [-0.4, -0.2) is 29.7 Å². The molecule has 0 atom stereocenters. The zero-order valence-corrected chi connectivity index (χ0v) is 9.76. The molecule has 17 heavy (non-hydrogen) atoms. The lowest BCUT2D eigenvalue weighted by molar-refractivity contribution is 0.399. The van der Waals surface area contributed by atoms with E-state index in [-0.39, 0.29) is 0 Å². The Kier molecular flexibility index (Phi) is 3.28. The monoisotopic (exact) mass is 233 g/mol. The predicted molar refractivity (Wildman–Crippen MR) is 63.6 cm³/mol. The first-order valence-electron chi connectivity index (χ1n) is 5.56. The average Bonchev–Trinajstić information content (AvgIpc) is 3.16. The lowest BCUT2D eigenvalue weighted by atomic mass is 10.3. The summed E-state index contributed by atoms with van der Waals surface area (Å²) < 4.78 is 5.07. The number of nitrogens with two attached hydrogens (primary N) is 1. The first-order valence-corrected chi connectivity index (χ1v) is 5.56. The molecule has 0 aliphatic heterocycles. The smallest absolute Gasteiger partial charge is 0.242 e. The molecule has 6 nitrogen and oxygen atoms in total. The van der Waals surface area contributed by atoms with Crippen molar-refractivity contribution < 1.29 is 4.74 Å². The minimum atomic E-state index is 0.387. The maximum absolute atomic E-state index is 8.67. The SMILES string of the molecule is COc1ncnc(N(CCC#N)C2CC2)c1N. The highest BCUT2D eigenvalue weighted by atomic mass is 16.5. The molecule has 1 fully saturated rings. The van der Waals surface area contributed by atoms with Gasteiger partial charge in [-0.2, -0.15) is 10.2 Å². The van der Waals surface area contributed by atoms with Crippen molar-refractivity contribution in [2.24, 2.45) is 0 Å². The first-order chi connectivity index (χ1) is 8.27. The number of aromatic nitrogens is 2. The molecule has 0 radical (unpaired) electrons. The molecular formula is C11H15N5O. The van der Waals surface area contributed by atoms with Crippen molar-refractivity contribution >= 4 is 11.5 Å². The highest BCUT2D eigenvalue weighted by Crippen LogP contribution is 2.35. The second kappa shape index (κ2) is 4.87. The van der Waals surface area contributed by atoms with Crippen molar-refractivity contribution in [1.82, 2.24) is 9.97 Å². The summed E-state index contributed by atoms with van der Waals surface area (Å²) in [6.07, 6.45) is 4.14. The quantitative estimate of drug-likeness (QED) is 0.814. The summed E-state index contributed by atoms with van der Waals surface area (Å²) in [5, 5.41) is 8.67. The van der Waals surface area contributed by atoms with Gasteiger partial charge >= 0.3 is 0 Å². The molecule has 1 aliphatic rings. The van der Waals surface area contributed by atoms with E-state index >= 15 is 0 Å². The summed E-state index contributed by atoms with van der Waals surface area (Å²) >= 11 is 0. The number of rotatable bonds is 5. The predicted octanol–water partition coefficient (Wildman–Crippen LogP) is 0.950. The number of nitriles is 1. The van der Waals surface area contributed by atoms with E-state index < -0.39 is 0 Å². The zero-order chi connectivity index (χ0) is 12.3. The van der Waals surface area contributed by atoms with Crippen LogP contribution >= 0.6 is 0 Å². The minimum absolute atomic E-state index is 0.387. The second-order valence-corrected chi connectivity index (χ2v) is 3.95. The van der Waals surface area contributed by atoms with Gasteiger partial charge in [-0.25, -0.2) is 4.98 Å². The number of anilines is 2. The van der Waals surface area contributed by atoms with E-state index in [4.69, 9.17) is 15.7 Å². The zero-order valence-electron chi connectivity index (χ0n) is 9.76. The van der Waals surface area contributed by atoms with Crippen LogP contribution in [0.5, 0.6) is 5.88 Å². The van der Waals surface area contributed by atoms with Crippen LogP contribution in [0.15, 0.2) is 6.33 Å². The van der Waals surface area contributed by atoms with E-state index in [0.717, 1.165) is 12.8 Å². The molecule has 0 aromatic carbocycles. The van der Waals surface area contributed by atoms with Gasteiger partial charge in [0.15, 0.2) is 5.82 Å². The van der Waals surface area contributed by atoms with E-state index in [1.54, 1.807) is 0 Å². The maximum Gasteiger partial charge on any atom is 0.242 e. The van der Waals surface area contributed by atoms with Crippen LogP contribution in [0.4, 0.5) is 11.5 Å². The Labute approximate surface area is 100 Å². The first kappa shape index (κ1) is 11.5. The third-order valence-electron chi connectivity index (χ3n) is 2.74. The van der Waals surface area contributed by atoms with Crippen molar-refractivity contribution in [3.63, 3.8) is 0 Å². The number of hydrogen-bond acceptors (Lipinski definition) is 6. The molecule has 2 rings (SSSR count). The lowest BCUT2D eigenvalue weighted by Gasteiger charge is -2.23. The molecule has 0 spiro atoms. The molecule has 6 heteroatoms. The Morgan fingerprint density at radius 2 is 2.35 bits per heavy atom. The molecule has 1 heterocycles. The molecule has 1 saturated carbocycles. The van der Waals surface area contributed by atoms with Gasteiger partial charge in [-0.05, 0) is 12.8 Å². The molecular weight excluding hydrogens is 218 g/mol. The third-order valence-corrected chi connectivity index (χ3v) is 2.74. The molecule has 0 saturated heterocycles. The van der Waals surface area contributed by atoms with Gasteiger partial charge in [0.2, 0.25) is 5.88 Å². The van der Waals surface area contributed by atoms with Gasteiger partial charge in [0.25, 0.3) is 0 Å². The maximum atomic E-state index is 8.67. The molecule has 1 aliphatic carbocycles. The Bertz CT molecular complexity index is 438. The van der Waals surface area contributed by atoms with Crippen molar-refractivity contribution in [3.8, 4) is 11.9 Å². The number of hydrogen-bond donors (Lipinski definition) is 1. The topological polar surface area (TPSA) is 88.1 Å². The standard InChI is InChI=1S/C11H15N5O/c1-17-11-9(13)10(14-7-15-11)16(6-2-5-12)8-3-4-8/h7-8H,2-4,6,13H2,1H3. The van der Waals surface area contributed by atoms with Crippen LogP contribution in [0.3, 0.4) is 0 Å². The Morgan fingerprint density at radius 1 is 1.59 bits per heavy atom. The molecule has 90 valence electrons. The van der Waals surface area contributed by atoms with Crippen LogP contribution < -0.4 is 15.4 Å². The van der Waals surface area contributed by atoms with Gasteiger partial charge in [0.1, 0.15) is 12.0 Å². The minimum Gasteiger partial charge on any atom is -0.479 e. The van der Waals surface area contributed by atoms with Gasteiger partial charge in [-0.1, -0.05) is 0 Å². The van der Waals surface area contributed by atoms with Crippen molar-refractivity contribution in [2.75, 3.05) is 24.3 Å². The van der Waals surface area contributed by atoms with E-state index in [0.29, 0.717) is 36.4 Å². The number of ether oxygens (including phenoxy) is 1. The number of nitrogen functional groups attached to an aromatic ring is 1. The van der Waals surface area contributed by atoms with Crippen LogP contribution in [0, 0.1) is 11.3 Å². The molecule has 1 aromatic rings. The van der Waals surface area contributed by atoms with Crippen LogP contribution in [-0.2, 0) is 0 Å². The number of methoxy groups -OCH3 is 1. The summed E-state index contributed by atoms with van der Waals surface area (Å²) in [5.74, 6) is 1.06. The van der Waals surface area contributed by atoms with Crippen molar-refractivity contribution in [1.29, 1.82) is 5.26 Å². The fourth-order valence-electron chi connectivity index (χ4n) is 1.78. The molecule has 0 bridgehead atoms. The Hall–Kier alpha value is -2.03. The van der Waals surface area contributed by atoms with Crippen molar-refractivity contribution in [3.05, 3.63) is 6.33 Å². The normalized spacial score (nSPS) is 14.1. The third kappa shape index (κ3) is 2.38. The molecule has 0 unspecified atom stereocenters. The molecule has 1 aromatic heterocycles. The fourth-order valence-corrected chi connectivity index (χ4v) is 1.78. The summed E-state index contributed by atoms with van der Waals surface area (Å²) in [4.78, 5) is 10.2. The molecule has 2 N–H and O–H groups in total. The van der Waals surface area contributed by atoms with Gasteiger partial charge in [0, 0.05) is 12.6 Å².